The van der Waals surface area contributed by atoms with Gasteiger partial charge in [0.25, 0.3) is 0 Å². The Morgan fingerprint density at radius 3 is 2.78 bits per heavy atom. The van der Waals surface area contributed by atoms with Crippen LogP contribution in [0.4, 0.5) is 5.82 Å². The largest absolute Gasteiger partial charge is 0.461 e. The molecule has 0 amide bonds. The first-order valence-corrected chi connectivity index (χ1v) is 6.30. The molecule has 2 heterocycles. The molecule has 0 unspecified atom stereocenters. The minimum Gasteiger partial charge on any atom is -0.461 e. The van der Waals surface area contributed by atoms with Crippen LogP contribution in [0.25, 0.3) is 0 Å². The molecule has 1 aliphatic heterocycles. The van der Waals surface area contributed by atoms with Crippen molar-refractivity contribution in [2.24, 2.45) is 0 Å². The number of rotatable bonds is 5. The second kappa shape index (κ2) is 5.81. The molecule has 100 valence electrons. The van der Waals surface area contributed by atoms with Gasteiger partial charge in [0.05, 0.1) is 13.2 Å². The summed E-state index contributed by atoms with van der Waals surface area (Å²) >= 11 is 0. The molecule has 1 aromatic heterocycles. The molecule has 0 bridgehead atoms. The first-order valence-electron chi connectivity index (χ1n) is 6.30. The molecule has 1 aliphatic rings. The summed E-state index contributed by atoms with van der Waals surface area (Å²) in [6, 6.07) is 0. The molecule has 0 spiro atoms. The Bertz CT molecular complexity index is 412. The number of carbonyl (C=O) groups excluding carboxylic acids is 1. The monoisotopic (exact) mass is 253 g/mol. The number of anilines is 1. The Kier molecular flexibility index (Phi) is 4.14. The molecular formula is C11H19N5O2. The van der Waals surface area contributed by atoms with E-state index in [1.54, 1.807) is 11.6 Å². The molecule has 0 aliphatic carbocycles. The Hall–Kier alpha value is -1.63. The zero-order chi connectivity index (χ0) is 13.0. The highest BCUT2D eigenvalue weighted by atomic mass is 16.5. The fourth-order valence-corrected chi connectivity index (χ4v) is 2.07. The minimum absolute atomic E-state index is 0.110. The Labute approximate surface area is 106 Å². The van der Waals surface area contributed by atoms with Crippen LogP contribution in [0.2, 0.25) is 0 Å². The van der Waals surface area contributed by atoms with Gasteiger partial charge in [-0.15, -0.1) is 5.10 Å². The van der Waals surface area contributed by atoms with E-state index < -0.39 is 5.97 Å². The third-order valence-corrected chi connectivity index (χ3v) is 3.07. The van der Waals surface area contributed by atoms with Crippen molar-refractivity contribution in [3.8, 4) is 0 Å². The van der Waals surface area contributed by atoms with E-state index in [0.29, 0.717) is 13.2 Å². The summed E-state index contributed by atoms with van der Waals surface area (Å²) in [7, 11) is 0. The predicted octanol–water partition coefficient (Wildman–Crippen LogP) is 0.133. The summed E-state index contributed by atoms with van der Waals surface area (Å²) in [4.78, 5) is 13.9. The Morgan fingerprint density at radius 1 is 1.39 bits per heavy atom. The van der Waals surface area contributed by atoms with Crippen molar-refractivity contribution in [1.29, 1.82) is 0 Å². The summed E-state index contributed by atoms with van der Waals surface area (Å²) in [5, 5.41) is 7.67. The number of nitrogens with two attached hydrogens (primary N) is 1. The van der Waals surface area contributed by atoms with Gasteiger partial charge in [0, 0.05) is 6.54 Å². The SMILES string of the molecule is CCOC(=O)c1nnn(CCN2CCCC2)c1N. The smallest absolute Gasteiger partial charge is 0.362 e. The zero-order valence-corrected chi connectivity index (χ0v) is 10.6. The van der Waals surface area contributed by atoms with E-state index in [1.807, 2.05) is 0 Å². The number of hydrogen-bond donors (Lipinski definition) is 1. The molecule has 18 heavy (non-hydrogen) atoms. The summed E-state index contributed by atoms with van der Waals surface area (Å²) in [5.41, 5.74) is 5.95. The second-order valence-electron chi connectivity index (χ2n) is 4.32. The number of likely N-dealkylation sites (tertiary alicyclic amines) is 1. The molecule has 0 saturated carbocycles. The first kappa shape index (κ1) is 12.8. The van der Waals surface area contributed by atoms with Crippen LogP contribution >= 0.6 is 0 Å². The van der Waals surface area contributed by atoms with E-state index >= 15 is 0 Å². The van der Waals surface area contributed by atoms with Crippen LogP contribution in [-0.2, 0) is 11.3 Å². The van der Waals surface area contributed by atoms with E-state index in [-0.39, 0.29) is 11.5 Å². The second-order valence-corrected chi connectivity index (χ2v) is 4.32. The number of carbonyl (C=O) groups is 1. The Balaban J connectivity index is 1.94. The molecule has 0 radical (unpaired) electrons. The van der Waals surface area contributed by atoms with Gasteiger partial charge in [-0.1, -0.05) is 5.21 Å². The molecule has 0 aromatic carbocycles. The summed E-state index contributed by atoms with van der Waals surface area (Å²) in [5.74, 6) is -0.227. The highest BCUT2D eigenvalue weighted by molar-refractivity contribution is 5.91. The summed E-state index contributed by atoms with van der Waals surface area (Å²) < 4.78 is 6.41. The highest BCUT2D eigenvalue weighted by Gasteiger charge is 2.19. The maximum absolute atomic E-state index is 11.5. The van der Waals surface area contributed by atoms with Gasteiger partial charge in [0.2, 0.25) is 5.69 Å². The van der Waals surface area contributed by atoms with Crippen molar-refractivity contribution in [3.05, 3.63) is 5.69 Å². The van der Waals surface area contributed by atoms with Crippen LogP contribution in [0.15, 0.2) is 0 Å². The minimum atomic E-state index is -0.512. The van der Waals surface area contributed by atoms with Crippen molar-refractivity contribution >= 4 is 11.8 Å². The zero-order valence-electron chi connectivity index (χ0n) is 10.6. The number of nitrogens with zero attached hydrogens (tertiary/aromatic N) is 4. The van der Waals surface area contributed by atoms with Gasteiger partial charge in [-0.3, -0.25) is 0 Å². The molecule has 1 saturated heterocycles. The van der Waals surface area contributed by atoms with Crippen molar-refractivity contribution in [2.45, 2.75) is 26.3 Å². The third-order valence-electron chi connectivity index (χ3n) is 3.07. The molecular weight excluding hydrogens is 234 g/mol. The molecule has 2 N–H and O–H groups in total. The normalized spacial score (nSPS) is 16.1. The molecule has 1 fully saturated rings. The quantitative estimate of drug-likeness (QED) is 0.751. The fourth-order valence-electron chi connectivity index (χ4n) is 2.07. The fraction of sp³-hybridized carbons (Fsp3) is 0.727. The lowest BCUT2D eigenvalue weighted by Crippen LogP contribution is -2.25. The maximum Gasteiger partial charge on any atom is 0.362 e. The van der Waals surface area contributed by atoms with Gasteiger partial charge in [-0.05, 0) is 32.9 Å². The average molecular weight is 253 g/mol. The van der Waals surface area contributed by atoms with Crippen molar-refractivity contribution in [1.82, 2.24) is 19.9 Å². The number of aromatic nitrogens is 3. The lowest BCUT2D eigenvalue weighted by atomic mass is 10.4. The van der Waals surface area contributed by atoms with Crippen LogP contribution in [-0.4, -0.2) is 52.1 Å². The molecule has 7 heteroatoms. The predicted molar refractivity (Wildman–Crippen MR) is 66.1 cm³/mol. The molecule has 0 atom stereocenters. The van der Waals surface area contributed by atoms with E-state index in [1.165, 1.54) is 12.8 Å². The number of hydrogen-bond acceptors (Lipinski definition) is 6. The average Bonchev–Trinajstić information content (AvgIpc) is 2.96. The van der Waals surface area contributed by atoms with Crippen LogP contribution in [0.1, 0.15) is 30.3 Å². The van der Waals surface area contributed by atoms with E-state index in [9.17, 15) is 4.79 Å². The number of esters is 1. The van der Waals surface area contributed by atoms with Gasteiger partial charge in [-0.2, -0.15) is 0 Å². The highest BCUT2D eigenvalue weighted by Crippen LogP contribution is 2.11. The van der Waals surface area contributed by atoms with Gasteiger partial charge in [-0.25, -0.2) is 9.48 Å². The van der Waals surface area contributed by atoms with Crippen molar-refractivity contribution in [3.63, 3.8) is 0 Å². The van der Waals surface area contributed by atoms with Crippen LogP contribution < -0.4 is 5.73 Å². The van der Waals surface area contributed by atoms with Gasteiger partial charge in [0.15, 0.2) is 5.82 Å². The van der Waals surface area contributed by atoms with Gasteiger partial charge < -0.3 is 15.4 Å². The Morgan fingerprint density at radius 2 is 2.11 bits per heavy atom. The number of nitrogen functional groups attached to an aromatic ring is 1. The van der Waals surface area contributed by atoms with E-state index in [2.05, 4.69) is 15.2 Å². The third kappa shape index (κ3) is 2.79. The lowest BCUT2D eigenvalue weighted by Gasteiger charge is -2.14. The van der Waals surface area contributed by atoms with E-state index in [0.717, 1.165) is 19.6 Å². The van der Waals surface area contributed by atoms with Crippen molar-refractivity contribution in [2.75, 3.05) is 32.0 Å². The van der Waals surface area contributed by atoms with Gasteiger partial charge >= 0.3 is 5.97 Å². The van der Waals surface area contributed by atoms with Crippen molar-refractivity contribution < 1.29 is 9.53 Å². The van der Waals surface area contributed by atoms with Crippen LogP contribution in [0, 0.1) is 0 Å². The number of ether oxygens (including phenoxy) is 1. The molecule has 2 rings (SSSR count). The standard InChI is InChI=1S/C11H19N5O2/c1-2-18-11(17)9-10(12)16(14-13-9)8-7-15-5-3-4-6-15/h2-8,12H2,1H3. The van der Waals surface area contributed by atoms with Crippen LogP contribution in [0.5, 0.6) is 0 Å². The van der Waals surface area contributed by atoms with Gasteiger partial charge in [0.1, 0.15) is 0 Å². The summed E-state index contributed by atoms with van der Waals surface area (Å²) in [6.45, 7) is 5.83. The van der Waals surface area contributed by atoms with Crippen LogP contribution in [0.3, 0.4) is 0 Å². The van der Waals surface area contributed by atoms with E-state index in [4.69, 9.17) is 10.5 Å². The lowest BCUT2D eigenvalue weighted by molar-refractivity contribution is 0.0520. The molecule has 1 aromatic rings. The molecule has 7 nitrogen and oxygen atoms in total. The summed E-state index contributed by atoms with van der Waals surface area (Å²) in [6.07, 6.45) is 2.50. The maximum atomic E-state index is 11.5. The topological polar surface area (TPSA) is 86.3 Å². The first-order chi connectivity index (χ1) is 8.72.